The number of fused-ring (bicyclic) bond motifs is 1. The van der Waals surface area contributed by atoms with E-state index in [1.807, 2.05) is 6.92 Å². The summed E-state index contributed by atoms with van der Waals surface area (Å²) in [7, 11) is 0. The highest BCUT2D eigenvalue weighted by atomic mass is 35.5. The lowest BCUT2D eigenvalue weighted by molar-refractivity contribution is 0.0710. The minimum atomic E-state index is -0.554. The molecule has 2 aromatic rings. The summed E-state index contributed by atoms with van der Waals surface area (Å²) in [6, 6.07) is 1.70. The standard InChI is InChI=1S/C19H25N5O3.ClH/c1-2-7-24-16-15(17(25)22-19(24)27)13(9-14(21-16)11-5-6-11)18(26)23-8-3-4-12(20)10-23;/h9,11-12H,2-8,10,20H2,1H3,(H,22,25,27);1H. The van der Waals surface area contributed by atoms with Crippen LogP contribution in [-0.4, -0.2) is 44.5 Å². The van der Waals surface area contributed by atoms with Gasteiger partial charge in [0.2, 0.25) is 0 Å². The van der Waals surface area contributed by atoms with Crippen molar-refractivity contribution >= 4 is 29.3 Å². The lowest BCUT2D eigenvalue weighted by Gasteiger charge is -2.31. The zero-order valence-electron chi connectivity index (χ0n) is 15.9. The molecule has 0 radical (unpaired) electrons. The summed E-state index contributed by atoms with van der Waals surface area (Å²) in [5.41, 5.74) is 6.45. The quantitative estimate of drug-likeness (QED) is 0.794. The van der Waals surface area contributed by atoms with Gasteiger partial charge in [0.25, 0.3) is 11.5 Å². The maximum Gasteiger partial charge on any atom is 0.329 e. The average Bonchev–Trinajstić information content (AvgIpc) is 3.48. The van der Waals surface area contributed by atoms with E-state index in [1.54, 1.807) is 11.0 Å². The van der Waals surface area contributed by atoms with Gasteiger partial charge in [0.15, 0.2) is 5.65 Å². The topological polar surface area (TPSA) is 114 Å². The number of rotatable bonds is 4. The van der Waals surface area contributed by atoms with Crippen LogP contribution in [0.25, 0.3) is 11.0 Å². The number of pyridine rings is 1. The summed E-state index contributed by atoms with van der Waals surface area (Å²) in [6.45, 7) is 3.50. The van der Waals surface area contributed by atoms with Gasteiger partial charge in [-0.2, -0.15) is 0 Å². The Hall–Kier alpha value is -2.19. The molecule has 1 aliphatic carbocycles. The fraction of sp³-hybridized carbons (Fsp3) is 0.579. The summed E-state index contributed by atoms with van der Waals surface area (Å²) in [5.74, 6) is 0.0978. The first-order chi connectivity index (χ1) is 13.0. The van der Waals surface area contributed by atoms with Crippen molar-refractivity contribution in [3.63, 3.8) is 0 Å². The zero-order valence-corrected chi connectivity index (χ0v) is 16.8. The van der Waals surface area contributed by atoms with Crippen LogP contribution in [0.5, 0.6) is 0 Å². The second kappa shape index (κ2) is 8.05. The number of amides is 1. The van der Waals surface area contributed by atoms with Crippen LogP contribution in [0.3, 0.4) is 0 Å². The van der Waals surface area contributed by atoms with Gasteiger partial charge in [-0.3, -0.25) is 19.1 Å². The van der Waals surface area contributed by atoms with E-state index < -0.39 is 11.2 Å². The molecule has 1 atom stereocenters. The summed E-state index contributed by atoms with van der Waals surface area (Å²) >= 11 is 0. The number of nitrogens with two attached hydrogens (primary N) is 1. The monoisotopic (exact) mass is 407 g/mol. The van der Waals surface area contributed by atoms with Crippen molar-refractivity contribution in [1.29, 1.82) is 0 Å². The Morgan fingerprint density at radius 2 is 2.07 bits per heavy atom. The van der Waals surface area contributed by atoms with Crippen LogP contribution in [0.15, 0.2) is 15.7 Å². The van der Waals surface area contributed by atoms with Crippen molar-refractivity contribution in [2.75, 3.05) is 13.1 Å². The highest BCUT2D eigenvalue weighted by molar-refractivity contribution is 6.05. The summed E-state index contributed by atoms with van der Waals surface area (Å²) in [4.78, 5) is 46.9. The maximum atomic E-state index is 13.3. The Balaban J connectivity index is 0.00000225. The number of piperidine rings is 1. The number of aromatic nitrogens is 3. The molecule has 2 aromatic heterocycles. The maximum absolute atomic E-state index is 13.3. The number of nitrogens with zero attached hydrogens (tertiary/aromatic N) is 3. The molecule has 0 spiro atoms. The first-order valence-electron chi connectivity index (χ1n) is 9.72. The predicted molar refractivity (Wildman–Crippen MR) is 109 cm³/mol. The lowest BCUT2D eigenvalue weighted by atomic mass is 10.0. The molecule has 3 heterocycles. The van der Waals surface area contributed by atoms with Crippen LogP contribution in [-0.2, 0) is 6.54 Å². The summed E-state index contributed by atoms with van der Waals surface area (Å²) in [6.07, 6.45) is 4.50. The molecule has 1 unspecified atom stereocenters. The molecule has 152 valence electrons. The van der Waals surface area contributed by atoms with Gasteiger partial charge in [-0.25, -0.2) is 9.78 Å². The zero-order chi connectivity index (χ0) is 19.1. The summed E-state index contributed by atoms with van der Waals surface area (Å²) in [5, 5.41) is 0.205. The van der Waals surface area contributed by atoms with Crippen molar-refractivity contribution in [3.05, 3.63) is 38.2 Å². The second-order valence-corrected chi connectivity index (χ2v) is 7.63. The molecule has 0 bridgehead atoms. The third-order valence-electron chi connectivity index (χ3n) is 5.39. The number of hydrogen-bond donors (Lipinski definition) is 2. The number of hydrogen-bond acceptors (Lipinski definition) is 5. The number of aromatic amines is 1. The van der Waals surface area contributed by atoms with Crippen LogP contribution in [0.1, 0.15) is 61.0 Å². The molecule has 1 saturated carbocycles. The van der Waals surface area contributed by atoms with E-state index >= 15 is 0 Å². The van der Waals surface area contributed by atoms with E-state index in [-0.39, 0.29) is 29.7 Å². The Morgan fingerprint density at radius 1 is 1.32 bits per heavy atom. The molecular weight excluding hydrogens is 382 g/mol. The smallest absolute Gasteiger partial charge is 0.329 e. The molecule has 28 heavy (non-hydrogen) atoms. The minimum absolute atomic E-state index is 0. The second-order valence-electron chi connectivity index (χ2n) is 7.63. The number of H-pyrrole nitrogens is 1. The van der Waals surface area contributed by atoms with Crippen LogP contribution in [0.4, 0.5) is 0 Å². The minimum Gasteiger partial charge on any atom is -0.337 e. The molecule has 4 rings (SSSR count). The van der Waals surface area contributed by atoms with Gasteiger partial charge in [-0.05, 0) is 38.2 Å². The molecule has 1 amide bonds. The SMILES string of the molecule is CCCn1c(=O)[nH]c(=O)c2c(C(=O)N3CCCC(N)C3)cc(C3CC3)nc21.Cl. The van der Waals surface area contributed by atoms with Crippen molar-refractivity contribution in [3.8, 4) is 0 Å². The van der Waals surface area contributed by atoms with E-state index in [9.17, 15) is 14.4 Å². The lowest BCUT2D eigenvalue weighted by Crippen LogP contribution is -2.46. The van der Waals surface area contributed by atoms with E-state index in [2.05, 4.69) is 9.97 Å². The van der Waals surface area contributed by atoms with Gasteiger partial charge in [-0.1, -0.05) is 6.92 Å². The van der Waals surface area contributed by atoms with E-state index in [4.69, 9.17) is 5.73 Å². The molecule has 1 saturated heterocycles. The summed E-state index contributed by atoms with van der Waals surface area (Å²) < 4.78 is 1.47. The van der Waals surface area contributed by atoms with E-state index in [0.29, 0.717) is 36.8 Å². The van der Waals surface area contributed by atoms with Gasteiger partial charge in [0.05, 0.1) is 10.9 Å². The first-order valence-corrected chi connectivity index (χ1v) is 9.72. The fourth-order valence-electron chi connectivity index (χ4n) is 3.85. The van der Waals surface area contributed by atoms with Crippen molar-refractivity contribution < 1.29 is 4.79 Å². The van der Waals surface area contributed by atoms with Gasteiger partial charge < -0.3 is 10.6 Å². The average molecular weight is 408 g/mol. The third kappa shape index (κ3) is 3.71. The molecule has 2 aliphatic rings. The Bertz CT molecular complexity index is 1010. The normalized spacial score (nSPS) is 19.5. The molecular formula is C19H26ClN5O3. The molecule has 1 aliphatic heterocycles. The highest BCUT2D eigenvalue weighted by Gasteiger charge is 2.31. The number of aryl methyl sites for hydroxylation is 1. The number of carbonyl (C=O) groups excluding carboxylic acids is 1. The van der Waals surface area contributed by atoms with Crippen LogP contribution >= 0.6 is 12.4 Å². The van der Waals surface area contributed by atoms with Gasteiger partial charge in [0.1, 0.15) is 0 Å². The third-order valence-corrected chi connectivity index (χ3v) is 5.39. The largest absolute Gasteiger partial charge is 0.337 e. The van der Waals surface area contributed by atoms with Gasteiger partial charge >= 0.3 is 5.69 Å². The molecule has 8 nitrogen and oxygen atoms in total. The van der Waals surface area contributed by atoms with Crippen LogP contribution < -0.4 is 17.0 Å². The van der Waals surface area contributed by atoms with Crippen LogP contribution in [0.2, 0.25) is 0 Å². The molecule has 3 N–H and O–H groups in total. The van der Waals surface area contributed by atoms with Crippen molar-refractivity contribution in [2.45, 2.75) is 57.5 Å². The Morgan fingerprint density at radius 3 is 2.71 bits per heavy atom. The first kappa shape index (κ1) is 20.5. The van der Waals surface area contributed by atoms with Crippen LogP contribution in [0, 0.1) is 0 Å². The van der Waals surface area contributed by atoms with E-state index in [1.165, 1.54) is 4.57 Å². The number of halogens is 1. The molecule has 0 aromatic carbocycles. The Labute approximate surface area is 168 Å². The van der Waals surface area contributed by atoms with Crippen molar-refractivity contribution in [2.24, 2.45) is 5.73 Å². The van der Waals surface area contributed by atoms with Crippen molar-refractivity contribution in [1.82, 2.24) is 19.4 Å². The van der Waals surface area contributed by atoms with Gasteiger partial charge in [-0.15, -0.1) is 12.4 Å². The Kier molecular flexibility index (Phi) is 5.90. The molecule has 9 heteroatoms. The number of carbonyl (C=O) groups is 1. The van der Waals surface area contributed by atoms with E-state index in [0.717, 1.165) is 37.8 Å². The number of likely N-dealkylation sites (tertiary alicyclic amines) is 1. The highest BCUT2D eigenvalue weighted by Crippen LogP contribution is 2.40. The molecule has 2 fully saturated rings. The predicted octanol–water partition coefficient (Wildman–Crippen LogP) is 1.36. The fourth-order valence-corrected chi connectivity index (χ4v) is 3.85. The number of nitrogens with one attached hydrogen (secondary N) is 1. The van der Waals surface area contributed by atoms with Gasteiger partial charge in [0, 0.05) is 37.3 Å².